The molecule has 1 aromatic carbocycles. The molecule has 3 N–H and O–H groups in total. The Morgan fingerprint density at radius 2 is 2.31 bits per heavy atom. The van der Waals surface area contributed by atoms with Crippen molar-refractivity contribution in [2.75, 3.05) is 20.2 Å². The number of benzene rings is 1. The first kappa shape index (κ1) is 11.5. The molecule has 4 nitrogen and oxygen atoms in total. The maximum Gasteiger partial charge on any atom is 0.214 e. The number of nitrogens with one attached hydrogen (secondary N) is 1. The summed E-state index contributed by atoms with van der Waals surface area (Å²) in [5.41, 5.74) is 0.783. The zero-order valence-corrected chi connectivity index (χ0v) is 8.90. The summed E-state index contributed by atoms with van der Waals surface area (Å²) in [6.45, 7) is 0.282. The maximum absolute atomic E-state index is 13.1. The van der Waals surface area contributed by atoms with E-state index in [2.05, 4.69) is 5.32 Å². The number of hydrogen-bond acceptors (Lipinski definition) is 4. The van der Waals surface area contributed by atoms with E-state index in [0.29, 0.717) is 12.1 Å². The van der Waals surface area contributed by atoms with Gasteiger partial charge in [-0.2, -0.15) is 0 Å². The first-order chi connectivity index (χ1) is 7.54. The number of likely N-dealkylation sites (N-methyl/N-ethyl adjacent to an activating group) is 1. The van der Waals surface area contributed by atoms with Crippen LogP contribution in [0.4, 0.5) is 4.39 Å². The van der Waals surface area contributed by atoms with Crippen LogP contribution in [-0.4, -0.2) is 30.4 Å². The zero-order chi connectivity index (χ0) is 11.8. The molecule has 0 bridgehead atoms. The van der Waals surface area contributed by atoms with E-state index < -0.39 is 11.6 Å². The highest BCUT2D eigenvalue weighted by atomic mass is 19.1. The molecule has 1 heterocycles. The minimum absolute atomic E-state index is 0.180. The molecule has 0 fully saturated rings. The lowest BCUT2D eigenvalue weighted by atomic mass is 9.93. The molecule has 0 saturated carbocycles. The fraction of sp³-hybridized carbons (Fsp3) is 0.455. The third kappa shape index (κ3) is 1.94. The summed E-state index contributed by atoms with van der Waals surface area (Å²) in [5.74, 6) is -2.60. The molecule has 0 aliphatic carbocycles. The van der Waals surface area contributed by atoms with Gasteiger partial charge in [0.2, 0.25) is 5.79 Å². The minimum atomic E-state index is -2.11. The summed E-state index contributed by atoms with van der Waals surface area (Å²) >= 11 is 0. The Balaban J connectivity index is 2.45. The molecule has 0 amide bonds. The Morgan fingerprint density at radius 1 is 1.56 bits per heavy atom. The van der Waals surface area contributed by atoms with Crippen molar-refractivity contribution in [1.29, 1.82) is 0 Å². The van der Waals surface area contributed by atoms with E-state index >= 15 is 0 Å². The van der Waals surface area contributed by atoms with Crippen molar-refractivity contribution in [3.8, 4) is 0 Å². The molecule has 0 spiro atoms. The van der Waals surface area contributed by atoms with E-state index in [0.717, 1.165) is 6.07 Å². The third-order valence-electron chi connectivity index (χ3n) is 2.67. The number of halogens is 1. The van der Waals surface area contributed by atoms with Gasteiger partial charge in [0.25, 0.3) is 0 Å². The highest BCUT2D eigenvalue weighted by Gasteiger charge is 2.37. The second-order valence-corrected chi connectivity index (χ2v) is 3.91. The first-order valence-corrected chi connectivity index (χ1v) is 5.05. The number of hydrogen-bond donors (Lipinski definition) is 3. The maximum atomic E-state index is 13.1. The van der Waals surface area contributed by atoms with Gasteiger partial charge in [-0.1, -0.05) is 6.07 Å². The topological polar surface area (TPSA) is 61.7 Å². The molecule has 5 heteroatoms. The van der Waals surface area contributed by atoms with Crippen LogP contribution in [-0.2, 0) is 10.5 Å². The van der Waals surface area contributed by atoms with E-state index in [-0.39, 0.29) is 18.3 Å². The van der Waals surface area contributed by atoms with Crippen molar-refractivity contribution in [3.63, 3.8) is 0 Å². The summed E-state index contributed by atoms with van der Waals surface area (Å²) in [6, 6.07) is 3.94. The van der Waals surface area contributed by atoms with Crippen LogP contribution in [0.1, 0.15) is 17.2 Å². The van der Waals surface area contributed by atoms with Gasteiger partial charge in [0, 0.05) is 12.1 Å². The second kappa shape index (κ2) is 4.10. The van der Waals surface area contributed by atoms with Crippen LogP contribution in [0.3, 0.4) is 0 Å². The largest absolute Gasteiger partial charge is 0.366 e. The molecule has 16 heavy (non-hydrogen) atoms. The van der Waals surface area contributed by atoms with Gasteiger partial charge in [-0.3, -0.25) is 0 Å². The van der Waals surface area contributed by atoms with Crippen molar-refractivity contribution in [2.45, 2.75) is 11.9 Å². The first-order valence-electron chi connectivity index (χ1n) is 5.05. The zero-order valence-electron chi connectivity index (χ0n) is 8.90. The predicted octanol–water partition coefficient (Wildman–Crippen LogP) is 0.254. The van der Waals surface area contributed by atoms with Crippen molar-refractivity contribution in [2.24, 2.45) is 0 Å². The summed E-state index contributed by atoms with van der Waals surface area (Å²) < 4.78 is 18.4. The number of aliphatic hydroxyl groups is 2. The van der Waals surface area contributed by atoms with E-state index in [4.69, 9.17) is 4.74 Å². The van der Waals surface area contributed by atoms with Gasteiger partial charge in [-0.15, -0.1) is 0 Å². The highest BCUT2D eigenvalue weighted by molar-refractivity contribution is 5.35. The molecule has 0 aromatic heterocycles. The second-order valence-electron chi connectivity index (χ2n) is 3.91. The quantitative estimate of drug-likeness (QED) is 0.634. The molecule has 1 aliphatic rings. The highest BCUT2D eigenvalue weighted by Crippen LogP contribution is 2.35. The van der Waals surface area contributed by atoms with E-state index in [1.54, 1.807) is 7.05 Å². The van der Waals surface area contributed by atoms with Gasteiger partial charge < -0.3 is 20.3 Å². The Morgan fingerprint density at radius 3 is 3.00 bits per heavy atom. The smallest absolute Gasteiger partial charge is 0.214 e. The minimum Gasteiger partial charge on any atom is -0.366 e. The Bertz CT molecular complexity index is 395. The van der Waals surface area contributed by atoms with Gasteiger partial charge in [-0.25, -0.2) is 4.39 Å². The molecule has 1 aliphatic heterocycles. The molecular formula is C11H14FNO3. The van der Waals surface area contributed by atoms with Crippen LogP contribution in [0.5, 0.6) is 0 Å². The van der Waals surface area contributed by atoms with Crippen molar-refractivity contribution < 1.29 is 19.3 Å². The monoisotopic (exact) mass is 227 g/mol. The summed E-state index contributed by atoms with van der Waals surface area (Å²) in [7, 11) is 1.77. The number of fused-ring (bicyclic) bond motifs is 1. The van der Waals surface area contributed by atoms with Gasteiger partial charge in [-0.05, 0) is 24.7 Å². The van der Waals surface area contributed by atoms with Gasteiger partial charge in [0.1, 0.15) is 12.4 Å². The predicted molar refractivity (Wildman–Crippen MR) is 55.1 cm³/mol. The standard InChI is InChI=1S/C11H14FNO3/c1-13-5-10-8-3-2-7(12)4-9(8)11(14,15)6-16-10/h2-4,10,13-15H,5-6H2,1H3/t10-/m0/s1. The lowest BCUT2D eigenvalue weighted by Crippen LogP contribution is -2.39. The Hall–Kier alpha value is -1.01. The molecule has 88 valence electrons. The number of rotatable bonds is 2. The van der Waals surface area contributed by atoms with Gasteiger partial charge >= 0.3 is 0 Å². The molecule has 2 rings (SSSR count). The molecule has 0 saturated heterocycles. The summed E-state index contributed by atoms with van der Waals surface area (Å²) in [5, 5.41) is 22.3. The van der Waals surface area contributed by atoms with Crippen molar-refractivity contribution in [3.05, 3.63) is 35.1 Å². The van der Waals surface area contributed by atoms with E-state index in [1.807, 2.05) is 0 Å². The number of ether oxygens (including phenoxy) is 1. The van der Waals surface area contributed by atoms with Crippen LogP contribution < -0.4 is 5.32 Å². The summed E-state index contributed by atoms with van der Waals surface area (Å²) in [6.07, 6.45) is -0.284. The van der Waals surface area contributed by atoms with Crippen LogP contribution in [0.25, 0.3) is 0 Å². The van der Waals surface area contributed by atoms with Crippen LogP contribution in [0.2, 0.25) is 0 Å². The fourth-order valence-electron chi connectivity index (χ4n) is 1.89. The lowest BCUT2D eigenvalue weighted by molar-refractivity contribution is -0.228. The molecule has 0 unspecified atom stereocenters. The SMILES string of the molecule is CNC[C@@H]1OCC(O)(O)c2cc(F)ccc21. The average molecular weight is 227 g/mol. The summed E-state index contributed by atoms with van der Waals surface area (Å²) in [4.78, 5) is 0. The Kier molecular flexibility index (Phi) is 2.94. The molecular weight excluding hydrogens is 213 g/mol. The molecule has 1 aromatic rings. The third-order valence-corrected chi connectivity index (χ3v) is 2.67. The normalized spacial score (nSPS) is 22.9. The van der Waals surface area contributed by atoms with E-state index in [9.17, 15) is 14.6 Å². The van der Waals surface area contributed by atoms with Crippen molar-refractivity contribution in [1.82, 2.24) is 5.32 Å². The fourth-order valence-corrected chi connectivity index (χ4v) is 1.89. The molecule has 0 radical (unpaired) electrons. The molecule has 1 atom stereocenters. The van der Waals surface area contributed by atoms with Gasteiger partial charge in [0.15, 0.2) is 0 Å². The van der Waals surface area contributed by atoms with Crippen LogP contribution in [0, 0.1) is 5.82 Å². The van der Waals surface area contributed by atoms with Crippen molar-refractivity contribution >= 4 is 0 Å². The Labute approximate surface area is 92.7 Å². The van der Waals surface area contributed by atoms with Crippen LogP contribution >= 0.6 is 0 Å². The lowest BCUT2D eigenvalue weighted by Gasteiger charge is -2.34. The van der Waals surface area contributed by atoms with Crippen LogP contribution in [0.15, 0.2) is 18.2 Å². The van der Waals surface area contributed by atoms with E-state index in [1.165, 1.54) is 12.1 Å². The average Bonchev–Trinajstić information content (AvgIpc) is 2.23. The van der Waals surface area contributed by atoms with Gasteiger partial charge in [0.05, 0.1) is 6.10 Å².